The largest absolute Gasteiger partial charge is 0.338 e. The van der Waals surface area contributed by atoms with Gasteiger partial charge in [-0.25, -0.2) is 4.98 Å². The molecular weight excluding hydrogens is 288 g/mol. The number of thiazole rings is 1. The van der Waals surface area contributed by atoms with Crippen LogP contribution in [-0.2, 0) is 0 Å². The van der Waals surface area contributed by atoms with Crippen LogP contribution in [0.4, 0.5) is 0 Å². The summed E-state index contributed by atoms with van der Waals surface area (Å²) < 4.78 is 0. The quantitative estimate of drug-likeness (QED) is 0.913. The van der Waals surface area contributed by atoms with E-state index in [2.05, 4.69) is 15.0 Å². The van der Waals surface area contributed by atoms with Gasteiger partial charge in [-0.2, -0.15) is 0 Å². The molecule has 1 fully saturated rings. The van der Waals surface area contributed by atoms with Gasteiger partial charge >= 0.3 is 0 Å². The fraction of sp³-hybridized carbons (Fsp3) is 0.429. The lowest BCUT2D eigenvalue weighted by atomic mass is 9.93. The number of likely N-dealkylation sites (tertiary alicyclic amines) is 1. The highest BCUT2D eigenvalue weighted by Gasteiger charge is 2.26. The maximum Gasteiger partial charge on any atom is 0.265 e. The van der Waals surface area contributed by atoms with Crippen LogP contribution >= 0.6 is 11.3 Å². The van der Waals surface area contributed by atoms with Crippen LogP contribution in [0.15, 0.2) is 22.6 Å². The topological polar surface area (TPSA) is 79.0 Å². The molecule has 3 rings (SSSR count). The van der Waals surface area contributed by atoms with Gasteiger partial charge in [0.1, 0.15) is 10.7 Å². The second-order valence-electron chi connectivity index (χ2n) is 5.19. The summed E-state index contributed by atoms with van der Waals surface area (Å²) in [5.74, 6) is 0.933. The molecule has 7 heteroatoms. The maximum atomic E-state index is 12.2. The second kappa shape index (κ2) is 5.77. The highest BCUT2D eigenvalue weighted by molar-refractivity contribution is 7.11. The van der Waals surface area contributed by atoms with Crippen LogP contribution in [0.5, 0.6) is 0 Å². The highest BCUT2D eigenvalue weighted by atomic mass is 32.1. The second-order valence-corrected chi connectivity index (χ2v) is 6.07. The van der Waals surface area contributed by atoms with Crippen molar-refractivity contribution in [1.29, 1.82) is 0 Å². The Labute approximate surface area is 125 Å². The summed E-state index contributed by atoms with van der Waals surface area (Å²) in [4.78, 5) is 37.3. The van der Waals surface area contributed by atoms with Crippen molar-refractivity contribution in [2.75, 3.05) is 13.1 Å². The molecule has 0 aliphatic carbocycles. The van der Waals surface area contributed by atoms with E-state index in [1.807, 2.05) is 4.90 Å². The molecule has 2 aromatic rings. The first-order chi connectivity index (χ1) is 10.1. The van der Waals surface area contributed by atoms with Gasteiger partial charge < -0.3 is 9.88 Å². The molecule has 21 heavy (non-hydrogen) atoms. The standard InChI is InChI=1S/C14H16N4O2S/c1-9-16-11(6-13(19)17-9)10-2-4-18(5-3-10)14(20)12-7-15-8-21-12/h6-8,10H,2-5H2,1H3,(H,16,17,19). The lowest BCUT2D eigenvalue weighted by molar-refractivity contribution is 0.0716. The van der Waals surface area contributed by atoms with Gasteiger partial charge in [0.25, 0.3) is 11.5 Å². The lowest BCUT2D eigenvalue weighted by Crippen LogP contribution is -2.38. The molecule has 0 radical (unpaired) electrons. The minimum atomic E-state index is -0.110. The van der Waals surface area contributed by atoms with E-state index in [0.717, 1.165) is 18.5 Å². The molecule has 0 bridgehead atoms. The van der Waals surface area contributed by atoms with Gasteiger partial charge in [0.2, 0.25) is 0 Å². The Morgan fingerprint density at radius 1 is 1.43 bits per heavy atom. The number of hydrogen-bond acceptors (Lipinski definition) is 5. The number of nitrogens with one attached hydrogen (secondary N) is 1. The molecule has 3 heterocycles. The maximum absolute atomic E-state index is 12.2. The minimum absolute atomic E-state index is 0.0472. The molecule has 1 amide bonds. The van der Waals surface area contributed by atoms with Crippen molar-refractivity contribution in [2.45, 2.75) is 25.7 Å². The molecule has 1 aliphatic rings. The molecule has 1 N–H and O–H groups in total. The first kappa shape index (κ1) is 13.9. The number of aryl methyl sites for hydroxylation is 1. The summed E-state index contributed by atoms with van der Waals surface area (Å²) in [6.45, 7) is 3.16. The third-order valence-corrected chi connectivity index (χ3v) is 4.48. The Kier molecular flexibility index (Phi) is 3.83. The van der Waals surface area contributed by atoms with Crippen molar-refractivity contribution in [3.63, 3.8) is 0 Å². The van der Waals surface area contributed by atoms with E-state index in [1.54, 1.807) is 24.7 Å². The van der Waals surface area contributed by atoms with Gasteiger partial charge in [0, 0.05) is 25.1 Å². The Bertz CT molecular complexity index is 687. The van der Waals surface area contributed by atoms with E-state index < -0.39 is 0 Å². The molecular formula is C14H16N4O2S. The van der Waals surface area contributed by atoms with Crippen LogP contribution in [0, 0.1) is 6.92 Å². The van der Waals surface area contributed by atoms with Crippen molar-refractivity contribution < 1.29 is 4.79 Å². The van der Waals surface area contributed by atoms with E-state index in [-0.39, 0.29) is 17.4 Å². The predicted molar refractivity (Wildman–Crippen MR) is 79.6 cm³/mol. The first-order valence-corrected chi connectivity index (χ1v) is 7.77. The average molecular weight is 304 g/mol. The number of nitrogens with zero attached hydrogens (tertiary/aromatic N) is 3. The Hall–Kier alpha value is -2.02. The van der Waals surface area contributed by atoms with Crippen molar-refractivity contribution in [3.8, 4) is 0 Å². The molecule has 0 saturated carbocycles. The average Bonchev–Trinajstić information content (AvgIpc) is 3.00. The third-order valence-electron chi connectivity index (χ3n) is 3.72. The Morgan fingerprint density at radius 3 is 2.81 bits per heavy atom. The normalized spacial score (nSPS) is 16.1. The smallest absolute Gasteiger partial charge is 0.265 e. The van der Waals surface area contributed by atoms with Gasteiger partial charge in [0.05, 0.1) is 17.4 Å². The summed E-state index contributed by atoms with van der Waals surface area (Å²) in [7, 11) is 0. The predicted octanol–water partition coefficient (Wildman–Crippen LogP) is 1.55. The van der Waals surface area contributed by atoms with Crippen molar-refractivity contribution in [2.24, 2.45) is 0 Å². The van der Waals surface area contributed by atoms with Gasteiger partial charge in [-0.3, -0.25) is 14.6 Å². The fourth-order valence-corrected chi connectivity index (χ4v) is 3.25. The summed E-state index contributed by atoms with van der Waals surface area (Å²) in [5.41, 5.74) is 2.39. The Morgan fingerprint density at radius 2 is 2.19 bits per heavy atom. The zero-order valence-corrected chi connectivity index (χ0v) is 12.5. The van der Waals surface area contributed by atoms with Crippen molar-refractivity contribution >= 4 is 17.2 Å². The Balaban J connectivity index is 1.67. The van der Waals surface area contributed by atoms with E-state index in [9.17, 15) is 9.59 Å². The van der Waals surface area contributed by atoms with Crippen LogP contribution in [0.1, 0.15) is 39.9 Å². The van der Waals surface area contributed by atoms with E-state index in [4.69, 9.17) is 0 Å². The summed E-state index contributed by atoms with van der Waals surface area (Å²) >= 11 is 1.37. The molecule has 0 unspecified atom stereocenters. The van der Waals surface area contributed by atoms with Gasteiger partial charge in [-0.15, -0.1) is 11.3 Å². The molecule has 1 saturated heterocycles. The van der Waals surface area contributed by atoms with E-state index >= 15 is 0 Å². The van der Waals surface area contributed by atoms with Crippen LogP contribution in [0.2, 0.25) is 0 Å². The van der Waals surface area contributed by atoms with Crippen LogP contribution in [0.25, 0.3) is 0 Å². The summed E-state index contributed by atoms with van der Waals surface area (Å²) in [5, 5.41) is 0. The number of rotatable bonds is 2. The zero-order valence-electron chi connectivity index (χ0n) is 11.7. The monoisotopic (exact) mass is 304 g/mol. The summed E-state index contributed by atoms with van der Waals surface area (Å²) in [6.07, 6.45) is 3.28. The number of aromatic amines is 1. The van der Waals surface area contributed by atoms with Crippen LogP contribution in [-0.4, -0.2) is 38.8 Å². The summed E-state index contributed by atoms with van der Waals surface area (Å²) in [6, 6.07) is 1.57. The van der Waals surface area contributed by atoms with Crippen LogP contribution < -0.4 is 5.56 Å². The highest BCUT2D eigenvalue weighted by Crippen LogP contribution is 2.27. The van der Waals surface area contributed by atoms with Gasteiger partial charge in [0.15, 0.2) is 0 Å². The molecule has 1 aliphatic heterocycles. The van der Waals surface area contributed by atoms with Gasteiger partial charge in [-0.1, -0.05) is 0 Å². The fourth-order valence-electron chi connectivity index (χ4n) is 2.67. The third kappa shape index (κ3) is 3.02. The molecule has 6 nitrogen and oxygen atoms in total. The number of carbonyl (C=O) groups is 1. The number of aromatic nitrogens is 3. The number of piperidine rings is 1. The minimum Gasteiger partial charge on any atom is -0.338 e. The molecule has 0 aromatic carbocycles. The number of H-pyrrole nitrogens is 1. The number of carbonyl (C=O) groups excluding carboxylic acids is 1. The molecule has 0 atom stereocenters. The first-order valence-electron chi connectivity index (χ1n) is 6.89. The van der Waals surface area contributed by atoms with Crippen LogP contribution in [0.3, 0.4) is 0 Å². The molecule has 110 valence electrons. The van der Waals surface area contributed by atoms with E-state index in [0.29, 0.717) is 23.8 Å². The van der Waals surface area contributed by atoms with Crippen molar-refractivity contribution in [3.05, 3.63) is 44.5 Å². The van der Waals surface area contributed by atoms with Gasteiger partial charge in [-0.05, 0) is 19.8 Å². The number of amides is 1. The zero-order chi connectivity index (χ0) is 14.8. The lowest BCUT2D eigenvalue weighted by Gasteiger charge is -2.31. The molecule has 0 spiro atoms. The van der Waals surface area contributed by atoms with E-state index in [1.165, 1.54) is 11.3 Å². The van der Waals surface area contributed by atoms with Crippen molar-refractivity contribution in [1.82, 2.24) is 19.9 Å². The SMILES string of the molecule is Cc1nc(C2CCN(C(=O)c3cncs3)CC2)cc(=O)[nH]1. The number of hydrogen-bond donors (Lipinski definition) is 1. The molecule has 2 aromatic heterocycles.